The molecular weight excluding hydrogens is 392 g/mol. The van der Waals surface area contributed by atoms with Crippen LogP contribution in [0.5, 0.6) is 0 Å². The first-order valence-corrected chi connectivity index (χ1v) is 12.5. The molecule has 4 rings (SSSR count). The summed E-state index contributed by atoms with van der Waals surface area (Å²) in [6.45, 7) is 6.30. The number of hydrogen-bond donors (Lipinski definition) is 0. The van der Waals surface area contributed by atoms with Crippen LogP contribution in [0.15, 0.2) is 0 Å². The second kappa shape index (κ2) is 8.51. The van der Waals surface area contributed by atoms with Crippen molar-refractivity contribution in [2.75, 3.05) is 7.11 Å². The van der Waals surface area contributed by atoms with Gasteiger partial charge in [-0.05, 0) is 92.3 Å². The maximum Gasteiger partial charge on any atom is 0.305 e. The SMILES string of the molecule is COC(=O)CCC[C@H]1CC[C@H]2[C@@H]3CC(=O)[C@H]4C[C@H](OC(C)=O)CC[C@]4(C)[C@H]3CC[C@]12C. The first kappa shape index (κ1) is 22.8. The van der Waals surface area contributed by atoms with Gasteiger partial charge < -0.3 is 9.47 Å². The van der Waals surface area contributed by atoms with E-state index >= 15 is 0 Å². The quantitative estimate of drug-likeness (QED) is 0.565. The first-order valence-electron chi connectivity index (χ1n) is 12.5. The molecule has 0 aromatic heterocycles. The standard InChI is InChI=1S/C26H40O5/c1-16(27)31-18-10-12-26(3)21-11-13-25(2)17(6-5-7-24(29)30-4)8-9-20(25)19(21)15-23(28)22(26)14-18/h17-22H,5-15H2,1-4H3/t17-,18+,19-,20-,21-,22+,25+,26+/m0/s1. The first-order chi connectivity index (χ1) is 14.7. The number of methoxy groups -OCH3 is 1. The van der Waals surface area contributed by atoms with Gasteiger partial charge in [0.15, 0.2) is 0 Å². The van der Waals surface area contributed by atoms with Crippen LogP contribution in [-0.4, -0.2) is 30.9 Å². The fraction of sp³-hybridized carbons (Fsp3) is 0.885. The Kier molecular flexibility index (Phi) is 6.26. The van der Waals surface area contributed by atoms with Crippen molar-refractivity contribution in [1.82, 2.24) is 0 Å². The molecule has 4 aliphatic carbocycles. The molecule has 4 saturated carbocycles. The average molecular weight is 433 g/mol. The summed E-state index contributed by atoms with van der Waals surface area (Å²) in [4.78, 5) is 36.4. The molecule has 0 aliphatic heterocycles. The number of carbonyl (C=O) groups excluding carboxylic acids is 3. The van der Waals surface area contributed by atoms with Gasteiger partial charge in [-0.25, -0.2) is 0 Å². The van der Waals surface area contributed by atoms with E-state index in [1.807, 2.05) is 0 Å². The Bertz CT molecular complexity index is 731. The Hall–Kier alpha value is -1.39. The van der Waals surface area contributed by atoms with Crippen LogP contribution in [0.4, 0.5) is 0 Å². The van der Waals surface area contributed by atoms with E-state index in [0.717, 1.165) is 32.1 Å². The van der Waals surface area contributed by atoms with Gasteiger partial charge in [0.1, 0.15) is 11.9 Å². The highest BCUT2D eigenvalue weighted by Gasteiger charge is 2.62. The molecular formula is C26H40O5. The zero-order valence-electron chi connectivity index (χ0n) is 19.8. The molecule has 8 atom stereocenters. The molecule has 0 aromatic rings. The normalized spacial score (nSPS) is 44.1. The molecule has 0 radical (unpaired) electrons. The highest BCUT2D eigenvalue weighted by atomic mass is 16.5. The zero-order chi connectivity index (χ0) is 22.4. The summed E-state index contributed by atoms with van der Waals surface area (Å²) in [5.41, 5.74) is 0.358. The highest BCUT2D eigenvalue weighted by molar-refractivity contribution is 5.83. The van der Waals surface area contributed by atoms with Gasteiger partial charge in [-0.15, -0.1) is 0 Å². The van der Waals surface area contributed by atoms with E-state index < -0.39 is 0 Å². The molecule has 4 fully saturated rings. The van der Waals surface area contributed by atoms with Gasteiger partial charge in [0.2, 0.25) is 0 Å². The fourth-order valence-electron chi connectivity index (χ4n) is 8.52. The lowest BCUT2D eigenvalue weighted by Gasteiger charge is -2.60. The molecule has 0 unspecified atom stereocenters. The number of ether oxygens (including phenoxy) is 2. The van der Waals surface area contributed by atoms with E-state index in [1.54, 1.807) is 0 Å². The third-order valence-electron chi connectivity index (χ3n) is 10.1. The van der Waals surface area contributed by atoms with Crippen molar-refractivity contribution in [2.24, 2.45) is 40.4 Å². The van der Waals surface area contributed by atoms with E-state index in [2.05, 4.69) is 13.8 Å². The highest BCUT2D eigenvalue weighted by Crippen LogP contribution is 2.67. The smallest absolute Gasteiger partial charge is 0.305 e. The second-order valence-electron chi connectivity index (χ2n) is 11.4. The summed E-state index contributed by atoms with van der Waals surface area (Å²) in [7, 11) is 1.46. The Morgan fingerprint density at radius 1 is 1.03 bits per heavy atom. The molecule has 0 amide bonds. The molecule has 31 heavy (non-hydrogen) atoms. The van der Waals surface area contributed by atoms with Gasteiger partial charge in [-0.2, -0.15) is 0 Å². The third kappa shape index (κ3) is 3.95. The summed E-state index contributed by atoms with van der Waals surface area (Å²) in [5.74, 6) is 2.53. The van der Waals surface area contributed by atoms with Gasteiger partial charge in [0, 0.05) is 25.7 Å². The van der Waals surface area contributed by atoms with Crippen LogP contribution >= 0.6 is 0 Å². The van der Waals surface area contributed by atoms with Gasteiger partial charge in [-0.1, -0.05) is 13.8 Å². The van der Waals surface area contributed by atoms with E-state index in [9.17, 15) is 14.4 Å². The number of Topliss-reactive ketones (excluding diaryl/α,β-unsaturated/α-hetero) is 1. The van der Waals surface area contributed by atoms with Crippen LogP contribution in [0, 0.1) is 40.4 Å². The minimum Gasteiger partial charge on any atom is -0.469 e. The van der Waals surface area contributed by atoms with Crippen LogP contribution in [0.25, 0.3) is 0 Å². The van der Waals surface area contributed by atoms with E-state index in [0.29, 0.717) is 47.7 Å². The van der Waals surface area contributed by atoms with Gasteiger partial charge in [-0.3, -0.25) is 14.4 Å². The van der Waals surface area contributed by atoms with E-state index in [1.165, 1.54) is 39.7 Å². The second-order valence-corrected chi connectivity index (χ2v) is 11.4. The number of rotatable bonds is 5. The Labute approximate surface area is 187 Å². The summed E-state index contributed by atoms with van der Waals surface area (Å²) < 4.78 is 10.3. The Morgan fingerprint density at radius 2 is 1.74 bits per heavy atom. The predicted molar refractivity (Wildman–Crippen MR) is 117 cm³/mol. The lowest BCUT2D eigenvalue weighted by molar-refractivity contribution is -0.169. The topological polar surface area (TPSA) is 69.7 Å². The lowest BCUT2D eigenvalue weighted by atomic mass is 9.44. The number of hydrogen-bond acceptors (Lipinski definition) is 5. The van der Waals surface area contributed by atoms with Gasteiger partial charge in [0.05, 0.1) is 7.11 Å². The van der Waals surface area contributed by atoms with E-state index in [-0.39, 0.29) is 29.4 Å². The maximum absolute atomic E-state index is 13.4. The minimum atomic E-state index is -0.229. The molecule has 5 nitrogen and oxygen atoms in total. The summed E-state index contributed by atoms with van der Waals surface area (Å²) in [5, 5.41) is 0. The van der Waals surface area contributed by atoms with Crippen LogP contribution in [-0.2, 0) is 23.9 Å². The largest absolute Gasteiger partial charge is 0.469 e. The van der Waals surface area contributed by atoms with Gasteiger partial charge >= 0.3 is 11.9 Å². The van der Waals surface area contributed by atoms with Crippen LogP contribution in [0.2, 0.25) is 0 Å². The average Bonchev–Trinajstić information content (AvgIpc) is 3.05. The summed E-state index contributed by atoms with van der Waals surface area (Å²) >= 11 is 0. The van der Waals surface area contributed by atoms with Crippen LogP contribution < -0.4 is 0 Å². The fourth-order valence-corrected chi connectivity index (χ4v) is 8.52. The van der Waals surface area contributed by atoms with Crippen molar-refractivity contribution in [3.63, 3.8) is 0 Å². The molecule has 174 valence electrons. The van der Waals surface area contributed by atoms with E-state index in [4.69, 9.17) is 9.47 Å². The zero-order valence-corrected chi connectivity index (χ0v) is 19.8. The number of ketones is 1. The third-order valence-corrected chi connectivity index (χ3v) is 10.1. The molecule has 0 heterocycles. The number of esters is 2. The molecule has 4 aliphatic rings. The van der Waals surface area contributed by atoms with Crippen LogP contribution in [0.3, 0.4) is 0 Å². The molecule has 0 bridgehead atoms. The molecule has 0 spiro atoms. The molecule has 5 heteroatoms. The monoisotopic (exact) mass is 432 g/mol. The summed E-state index contributed by atoms with van der Waals surface area (Å²) in [6.07, 6.45) is 10.7. The number of carbonyl (C=O) groups is 3. The van der Waals surface area contributed by atoms with Crippen molar-refractivity contribution in [3.05, 3.63) is 0 Å². The molecule has 0 N–H and O–H groups in total. The van der Waals surface area contributed by atoms with Crippen molar-refractivity contribution in [2.45, 2.75) is 97.5 Å². The Balaban J connectivity index is 1.47. The lowest BCUT2D eigenvalue weighted by Crippen LogP contribution is -2.57. The van der Waals surface area contributed by atoms with Crippen molar-refractivity contribution < 1.29 is 23.9 Å². The van der Waals surface area contributed by atoms with Crippen LogP contribution in [0.1, 0.15) is 91.4 Å². The minimum absolute atomic E-state index is 0.0495. The van der Waals surface area contributed by atoms with Gasteiger partial charge in [0.25, 0.3) is 0 Å². The van der Waals surface area contributed by atoms with Crippen molar-refractivity contribution in [3.8, 4) is 0 Å². The maximum atomic E-state index is 13.4. The summed E-state index contributed by atoms with van der Waals surface area (Å²) in [6, 6.07) is 0. The predicted octanol–water partition coefficient (Wildman–Crippen LogP) is 5.10. The molecule has 0 saturated heterocycles. The van der Waals surface area contributed by atoms with Crippen molar-refractivity contribution in [1.29, 1.82) is 0 Å². The Morgan fingerprint density at radius 3 is 2.45 bits per heavy atom. The van der Waals surface area contributed by atoms with Crippen molar-refractivity contribution >= 4 is 17.7 Å². The number of fused-ring (bicyclic) bond motifs is 5. The molecule has 0 aromatic carbocycles.